The fourth-order valence-corrected chi connectivity index (χ4v) is 5.08. The molecule has 0 radical (unpaired) electrons. The summed E-state index contributed by atoms with van der Waals surface area (Å²) in [6, 6.07) is 12.1. The molecule has 2 N–H and O–H groups in total. The van der Waals surface area contributed by atoms with Crippen molar-refractivity contribution in [3.05, 3.63) is 64.7 Å². The number of esters is 1. The predicted octanol–water partition coefficient (Wildman–Crippen LogP) is 3.17. The normalized spacial score (nSPS) is 14.3. The van der Waals surface area contributed by atoms with Crippen LogP contribution in [0.1, 0.15) is 65.1 Å². The molecule has 0 spiro atoms. The van der Waals surface area contributed by atoms with Crippen molar-refractivity contribution in [2.75, 3.05) is 19.7 Å². The Hall–Kier alpha value is -3.04. The molecule has 9 heteroatoms. The van der Waals surface area contributed by atoms with Crippen LogP contribution in [0.15, 0.2) is 47.4 Å². The van der Waals surface area contributed by atoms with E-state index in [1.54, 1.807) is 25.1 Å². The zero-order chi connectivity index (χ0) is 25.4. The summed E-state index contributed by atoms with van der Waals surface area (Å²) in [7, 11) is -3.87. The number of aryl methyl sites for hydroxylation is 2. The molecule has 1 fully saturated rings. The Labute approximate surface area is 206 Å². The van der Waals surface area contributed by atoms with Crippen molar-refractivity contribution in [1.29, 1.82) is 0 Å². The van der Waals surface area contributed by atoms with E-state index in [1.165, 1.54) is 49.8 Å². The van der Waals surface area contributed by atoms with E-state index in [9.17, 15) is 22.8 Å². The summed E-state index contributed by atoms with van der Waals surface area (Å²) in [4.78, 5) is 36.2. The van der Waals surface area contributed by atoms with Crippen LogP contribution in [0.3, 0.4) is 0 Å². The number of nitrogens with one attached hydrogen (secondary N) is 2. The van der Waals surface area contributed by atoms with Gasteiger partial charge >= 0.3 is 5.97 Å². The number of hydrogen-bond acceptors (Lipinski definition) is 6. The summed E-state index contributed by atoms with van der Waals surface area (Å²) in [5.41, 5.74) is 3.46. The minimum Gasteiger partial charge on any atom is -0.456 e. The van der Waals surface area contributed by atoms with E-state index in [2.05, 4.69) is 10.0 Å². The van der Waals surface area contributed by atoms with Gasteiger partial charge in [-0.25, -0.2) is 13.1 Å². The van der Waals surface area contributed by atoms with Crippen LogP contribution in [0.2, 0.25) is 0 Å². The lowest BCUT2D eigenvalue weighted by atomic mass is 9.84. The van der Waals surface area contributed by atoms with Crippen LogP contribution in [0.25, 0.3) is 0 Å². The van der Waals surface area contributed by atoms with E-state index in [-0.39, 0.29) is 10.7 Å². The van der Waals surface area contributed by atoms with Crippen molar-refractivity contribution in [2.45, 2.75) is 56.8 Å². The monoisotopic (exact) mass is 500 g/mol. The molecule has 1 amide bonds. The minimum atomic E-state index is -3.87. The second-order valence-electron chi connectivity index (χ2n) is 8.89. The zero-order valence-electron chi connectivity index (χ0n) is 20.1. The molecule has 35 heavy (non-hydrogen) atoms. The van der Waals surface area contributed by atoms with Gasteiger partial charge in [0.05, 0.1) is 11.4 Å². The first kappa shape index (κ1) is 26.6. The van der Waals surface area contributed by atoms with Crippen LogP contribution in [-0.2, 0) is 24.3 Å². The van der Waals surface area contributed by atoms with E-state index < -0.39 is 41.6 Å². The Morgan fingerprint density at radius 3 is 2.26 bits per heavy atom. The number of amides is 1. The maximum Gasteiger partial charge on any atom is 0.325 e. The standard InChI is InChI=1S/C26H32N2O6S/c1-18-8-13-23(14-19(18)2)35(32,33)28-15-25(30)27-16-26(31)34-17-24(29)22-11-9-21(10-12-22)20-6-4-3-5-7-20/h8-14,20,28H,3-7,15-17H2,1-2H3,(H,27,30). The Balaban J connectivity index is 1.39. The SMILES string of the molecule is Cc1ccc(S(=O)(=O)NCC(=O)NCC(=O)OCC(=O)c2ccc(C3CCCCC3)cc2)cc1C. The van der Waals surface area contributed by atoms with Crippen LogP contribution in [0, 0.1) is 13.8 Å². The molecule has 1 aliphatic rings. The first-order valence-corrected chi connectivity index (χ1v) is 13.3. The molecule has 8 nitrogen and oxygen atoms in total. The van der Waals surface area contributed by atoms with Crippen LogP contribution in [0.5, 0.6) is 0 Å². The number of ether oxygens (including phenoxy) is 1. The number of hydrogen-bond donors (Lipinski definition) is 2. The van der Waals surface area contributed by atoms with E-state index in [0.717, 1.165) is 11.1 Å². The molecule has 188 valence electrons. The van der Waals surface area contributed by atoms with Crippen molar-refractivity contribution < 1.29 is 27.5 Å². The molecule has 2 aromatic carbocycles. The lowest BCUT2D eigenvalue weighted by Gasteiger charge is -2.22. The lowest BCUT2D eigenvalue weighted by molar-refractivity contribution is -0.142. The van der Waals surface area contributed by atoms with Crippen molar-refractivity contribution in [3.63, 3.8) is 0 Å². The van der Waals surface area contributed by atoms with Gasteiger partial charge in [-0.3, -0.25) is 14.4 Å². The second kappa shape index (κ2) is 12.1. The highest BCUT2D eigenvalue weighted by molar-refractivity contribution is 7.89. The molecule has 0 bridgehead atoms. The number of sulfonamides is 1. The van der Waals surface area contributed by atoms with E-state index >= 15 is 0 Å². The Bertz CT molecular complexity index is 1170. The van der Waals surface area contributed by atoms with Gasteiger partial charge in [-0.05, 0) is 61.4 Å². The second-order valence-corrected chi connectivity index (χ2v) is 10.7. The van der Waals surface area contributed by atoms with Gasteiger partial charge < -0.3 is 10.1 Å². The smallest absolute Gasteiger partial charge is 0.325 e. The largest absolute Gasteiger partial charge is 0.456 e. The molecule has 3 rings (SSSR count). The van der Waals surface area contributed by atoms with Gasteiger partial charge in [-0.2, -0.15) is 0 Å². The molecule has 2 aromatic rings. The molecule has 0 heterocycles. The third kappa shape index (κ3) is 7.73. The average Bonchev–Trinajstić information content (AvgIpc) is 2.87. The van der Waals surface area contributed by atoms with Gasteiger partial charge in [0.15, 0.2) is 12.4 Å². The number of ketones is 1. The summed E-state index contributed by atoms with van der Waals surface area (Å²) >= 11 is 0. The number of rotatable bonds is 10. The fourth-order valence-electron chi connectivity index (χ4n) is 4.02. The molecule has 0 aliphatic heterocycles. The highest BCUT2D eigenvalue weighted by Crippen LogP contribution is 2.32. The lowest BCUT2D eigenvalue weighted by Crippen LogP contribution is -2.39. The van der Waals surface area contributed by atoms with Crippen molar-refractivity contribution in [3.8, 4) is 0 Å². The van der Waals surface area contributed by atoms with Gasteiger partial charge in [-0.1, -0.05) is 49.6 Å². The van der Waals surface area contributed by atoms with Crippen LogP contribution in [-0.4, -0.2) is 45.8 Å². The molecule has 0 saturated heterocycles. The molecule has 0 unspecified atom stereocenters. The number of carbonyl (C=O) groups is 3. The van der Waals surface area contributed by atoms with Gasteiger partial charge in [0.2, 0.25) is 15.9 Å². The topological polar surface area (TPSA) is 119 Å². The number of Topliss-reactive ketones (excluding diaryl/α,β-unsaturated/α-hetero) is 1. The van der Waals surface area contributed by atoms with E-state index in [0.29, 0.717) is 11.5 Å². The van der Waals surface area contributed by atoms with Gasteiger partial charge in [0, 0.05) is 5.56 Å². The van der Waals surface area contributed by atoms with E-state index in [1.807, 2.05) is 19.1 Å². The van der Waals surface area contributed by atoms with Crippen LogP contribution >= 0.6 is 0 Å². The molecular formula is C26H32N2O6S. The number of carbonyl (C=O) groups excluding carboxylic acids is 3. The molecule has 0 aromatic heterocycles. The summed E-state index contributed by atoms with van der Waals surface area (Å²) in [6.07, 6.45) is 6.08. The maximum atomic E-state index is 12.3. The summed E-state index contributed by atoms with van der Waals surface area (Å²) in [5, 5.41) is 2.28. The highest BCUT2D eigenvalue weighted by atomic mass is 32.2. The molecule has 1 saturated carbocycles. The van der Waals surface area contributed by atoms with Gasteiger partial charge in [-0.15, -0.1) is 0 Å². The third-order valence-corrected chi connectivity index (χ3v) is 7.71. The Morgan fingerprint density at radius 1 is 0.914 bits per heavy atom. The van der Waals surface area contributed by atoms with Crippen molar-refractivity contribution in [1.82, 2.24) is 10.0 Å². The molecule has 0 atom stereocenters. The Morgan fingerprint density at radius 2 is 1.60 bits per heavy atom. The predicted molar refractivity (Wildman–Crippen MR) is 132 cm³/mol. The number of benzene rings is 2. The van der Waals surface area contributed by atoms with Crippen LogP contribution < -0.4 is 10.0 Å². The van der Waals surface area contributed by atoms with E-state index in [4.69, 9.17) is 4.74 Å². The highest BCUT2D eigenvalue weighted by Gasteiger charge is 2.18. The summed E-state index contributed by atoms with van der Waals surface area (Å²) in [5.74, 6) is -1.28. The Kier molecular flexibility index (Phi) is 9.17. The van der Waals surface area contributed by atoms with Crippen molar-refractivity contribution in [2.24, 2.45) is 0 Å². The first-order valence-electron chi connectivity index (χ1n) is 11.8. The maximum absolute atomic E-state index is 12.3. The fraction of sp³-hybridized carbons (Fsp3) is 0.423. The van der Waals surface area contributed by atoms with Crippen molar-refractivity contribution >= 4 is 27.7 Å². The summed E-state index contributed by atoms with van der Waals surface area (Å²) < 4.78 is 31.8. The summed E-state index contributed by atoms with van der Waals surface area (Å²) in [6.45, 7) is 2.22. The molecule has 1 aliphatic carbocycles. The van der Waals surface area contributed by atoms with Gasteiger partial charge in [0.25, 0.3) is 0 Å². The first-order chi connectivity index (χ1) is 16.7. The average molecular weight is 501 g/mol. The van der Waals surface area contributed by atoms with Crippen LogP contribution in [0.4, 0.5) is 0 Å². The minimum absolute atomic E-state index is 0.0538. The zero-order valence-corrected chi connectivity index (χ0v) is 20.9. The quantitative estimate of drug-likeness (QED) is 0.382. The third-order valence-electron chi connectivity index (χ3n) is 6.31. The van der Waals surface area contributed by atoms with Gasteiger partial charge in [0.1, 0.15) is 6.54 Å². The molecular weight excluding hydrogens is 468 g/mol.